The van der Waals surface area contributed by atoms with Gasteiger partial charge in [-0.15, -0.1) is 11.3 Å². The standard InChI is InChI=1S/C11H14O2S/c12-8-11(4-2-5-13-9-11)7-10-3-1-6-14-10/h1,3,6,8H,2,4-5,7,9H2. The average Bonchev–Trinajstić information content (AvgIpc) is 2.72. The molecule has 0 N–H and O–H groups in total. The zero-order valence-electron chi connectivity index (χ0n) is 8.07. The molecular formula is C11H14O2S. The fourth-order valence-corrected chi connectivity index (χ4v) is 2.77. The molecule has 2 heterocycles. The molecule has 1 fully saturated rings. The maximum Gasteiger partial charge on any atom is 0.128 e. The SMILES string of the molecule is O=CC1(Cc2cccs2)CCCOC1. The third-order valence-electron chi connectivity index (χ3n) is 2.71. The fourth-order valence-electron chi connectivity index (χ4n) is 1.91. The first-order valence-corrected chi connectivity index (χ1v) is 5.79. The van der Waals surface area contributed by atoms with Crippen LogP contribution in [0.1, 0.15) is 17.7 Å². The fraction of sp³-hybridized carbons (Fsp3) is 0.545. The molecule has 2 rings (SSSR count). The third-order valence-corrected chi connectivity index (χ3v) is 3.59. The molecule has 0 spiro atoms. The number of ether oxygens (including phenoxy) is 1. The summed E-state index contributed by atoms with van der Waals surface area (Å²) in [4.78, 5) is 12.4. The Labute approximate surface area is 87.9 Å². The van der Waals surface area contributed by atoms with E-state index in [-0.39, 0.29) is 5.41 Å². The summed E-state index contributed by atoms with van der Waals surface area (Å²) in [5.41, 5.74) is -0.247. The van der Waals surface area contributed by atoms with Gasteiger partial charge in [-0.3, -0.25) is 0 Å². The number of carbonyl (C=O) groups excluding carboxylic acids is 1. The minimum atomic E-state index is -0.247. The van der Waals surface area contributed by atoms with Crippen LogP contribution in [0, 0.1) is 5.41 Å². The van der Waals surface area contributed by atoms with Crippen LogP contribution in [0.2, 0.25) is 0 Å². The van der Waals surface area contributed by atoms with Crippen LogP contribution in [0.15, 0.2) is 17.5 Å². The molecule has 1 unspecified atom stereocenters. The molecule has 2 nitrogen and oxygen atoms in total. The highest BCUT2D eigenvalue weighted by atomic mass is 32.1. The van der Waals surface area contributed by atoms with E-state index >= 15 is 0 Å². The lowest BCUT2D eigenvalue weighted by Crippen LogP contribution is -2.35. The van der Waals surface area contributed by atoms with Crippen LogP contribution in [0.25, 0.3) is 0 Å². The smallest absolute Gasteiger partial charge is 0.128 e. The summed E-state index contributed by atoms with van der Waals surface area (Å²) in [5, 5.41) is 2.05. The summed E-state index contributed by atoms with van der Waals surface area (Å²) in [6.07, 6.45) is 3.90. The number of carbonyl (C=O) groups is 1. The van der Waals surface area contributed by atoms with Gasteiger partial charge < -0.3 is 9.53 Å². The van der Waals surface area contributed by atoms with Crippen molar-refractivity contribution in [2.24, 2.45) is 5.41 Å². The molecule has 0 aliphatic carbocycles. The van der Waals surface area contributed by atoms with Crippen molar-refractivity contribution < 1.29 is 9.53 Å². The van der Waals surface area contributed by atoms with Gasteiger partial charge in [-0.2, -0.15) is 0 Å². The van der Waals surface area contributed by atoms with Crippen molar-refractivity contribution >= 4 is 17.6 Å². The van der Waals surface area contributed by atoms with Gasteiger partial charge in [0.25, 0.3) is 0 Å². The predicted octanol–water partition coefficient (Wildman–Crippen LogP) is 2.29. The molecule has 0 bridgehead atoms. The molecular weight excluding hydrogens is 196 g/mol. The van der Waals surface area contributed by atoms with E-state index < -0.39 is 0 Å². The van der Waals surface area contributed by atoms with Gasteiger partial charge in [0.1, 0.15) is 6.29 Å². The largest absolute Gasteiger partial charge is 0.380 e. The van der Waals surface area contributed by atoms with Gasteiger partial charge in [0.2, 0.25) is 0 Å². The quantitative estimate of drug-likeness (QED) is 0.715. The Morgan fingerprint density at radius 2 is 2.57 bits per heavy atom. The first-order valence-electron chi connectivity index (χ1n) is 4.91. The molecule has 1 saturated heterocycles. The van der Waals surface area contributed by atoms with Crippen LogP contribution in [0.4, 0.5) is 0 Å². The van der Waals surface area contributed by atoms with Gasteiger partial charge in [0.05, 0.1) is 12.0 Å². The van der Waals surface area contributed by atoms with Crippen molar-refractivity contribution in [3.05, 3.63) is 22.4 Å². The first-order chi connectivity index (χ1) is 6.85. The summed E-state index contributed by atoms with van der Waals surface area (Å²) in [5.74, 6) is 0. The zero-order valence-corrected chi connectivity index (χ0v) is 8.89. The summed E-state index contributed by atoms with van der Waals surface area (Å²) in [6, 6.07) is 4.12. The van der Waals surface area contributed by atoms with Crippen LogP contribution in [0.3, 0.4) is 0 Å². The summed E-state index contributed by atoms with van der Waals surface area (Å²) in [6.45, 7) is 1.40. The number of hydrogen-bond donors (Lipinski definition) is 0. The zero-order chi connectivity index (χ0) is 9.86. The van der Waals surface area contributed by atoms with Crippen molar-refractivity contribution in [2.75, 3.05) is 13.2 Å². The number of aldehydes is 1. The van der Waals surface area contributed by atoms with E-state index in [4.69, 9.17) is 4.74 Å². The number of hydrogen-bond acceptors (Lipinski definition) is 3. The highest BCUT2D eigenvalue weighted by Gasteiger charge is 2.33. The molecule has 1 aromatic heterocycles. The second-order valence-corrected chi connectivity index (χ2v) is 4.92. The van der Waals surface area contributed by atoms with Gasteiger partial charge in [0, 0.05) is 11.5 Å². The second-order valence-electron chi connectivity index (χ2n) is 3.89. The van der Waals surface area contributed by atoms with Crippen molar-refractivity contribution in [1.82, 2.24) is 0 Å². The summed E-state index contributed by atoms with van der Waals surface area (Å²) >= 11 is 1.72. The van der Waals surface area contributed by atoms with E-state index in [1.165, 1.54) is 4.88 Å². The Balaban J connectivity index is 2.08. The van der Waals surface area contributed by atoms with E-state index in [1.54, 1.807) is 11.3 Å². The van der Waals surface area contributed by atoms with Crippen LogP contribution < -0.4 is 0 Å². The highest BCUT2D eigenvalue weighted by Crippen LogP contribution is 2.31. The topological polar surface area (TPSA) is 26.3 Å². The van der Waals surface area contributed by atoms with E-state index in [1.807, 2.05) is 6.07 Å². The average molecular weight is 210 g/mol. The van der Waals surface area contributed by atoms with Crippen molar-refractivity contribution in [3.63, 3.8) is 0 Å². The molecule has 1 aliphatic heterocycles. The Kier molecular flexibility index (Phi) is 2.99. The van der Waals surface area contributed by atoms with E-state index in [0.717, 1.165) is 32.2 Å². The van der Waals surface area contributed by atoms with Crippen molar-refractivity contribution in [3.8, 4) is 0 Å². The van der Waals surface area contributed by atoms with Gasteiger partial charge in [0.15, 0.2) is 0 Å². The Hall–Kier alpha value is -0.670. The number of rotatable bonds is 3. The van der Waals surface area contributed by atoms with E-state index in [2.05, 4.69) is 11.4 Å². The number of thiophene rings is 1. The molecule has 76 valence electrons. The van der Waals surface area contributed by atoms with Gasteiger partial charge in [-0.1, -0.05) is 6.07 Å². The van der Waals surface area contributed by atoms with Crippen LogP contribution >= 0.6 is 11.3 Å². The Bertz CT molecular complexity index is 286. The molecule has 3 heteroatoms. The molecule has 0 radical (unpaired) electrons. The lowest BCUT2D eigenvalue weighted by Gasteiger charge is -2.31. The third kappa shape index (κ3) is 2.04. The maximum absolute atomic E-state index is 11.1. The van der Waals surface area contributed by atoms with Gasteiger partial charge in [-0.05, 0) is 30.7 Å². The van der Waals surface area contributed by atoms with Crippen LogP contribution in [-0.4, -0.2) is 19.5 Å². The minimum Gasteiger partial charge on any atom is -0.380 e. The molecule has 1 atom stereocenters. The maximum atomic E-state index is 11.1. The van der Waals surface area contributed by atoms with Crippen molar-refractivity contribution in [1.29, 1.82) is 0 Å². The highest BCUT2D eigenvalue weighted by molar-refractivity contribution is 7.09. The summed E-state index contributed by atoms with van der Waals surface area (Å²) < 4.78 is 5.40. The minimum absolute atomic E-state index is 0.247. The van der Waals surface area contributed by atoms with E-state index in [0.29, 0.717) is 6.61 Å². The first kappa shape index (κ1) is 9.87. The monoisotopic (exact) mass is 210 g/mol. The predicted molar refractivity (Wildman–Crippen MR) is 56.6 cm³/mol. The molecule has 1 aliphatic rings. The molecule has 1 aromatic rings. The van der Waals surface area contributed by atoms with Crippen LogP contribution in [0.5, 0.6) is 0 Å². The molecule has 0 aromatic carbocycles. The lowest BCUT2D eigenvalue weighted by atomic mass is 9.80. The molecule has 14 heavy (non-hydrogen) atoms. The second kappa shape index (κ2) is 4.24. The summed E-state index contributed by atoms with van der Waals surface area (Å²) in [7, 11) is 0. The van der Waals surface area contributed by atoms with Gasteiger partial charge in [-0.25, -0.2) is 0 Å². The Morgan fingerprint density at radius 3 is 3.14 bits per heavy atom. The van der Waals surface area contributed by atoms with Crippen molar-refractivity contribution in [2.45, 2.75) is 19.3 Å². The lowest BCUT2D eigenvalue weighted by molar-refractivity contribution is -0.123. The van der Waals surface area contributed by atoms with Gasteiger partial charge >= 0.3 is 0 Å². The normalized spacial score (nSPS) is 27.4. The van der Waals surface area contributed by atoms with Crippen LogP contribution in [-0.2, 0) is 16.0 Å². The van der Waals surface area contributed by atoms with E-state index in [9.17, 15) is 4.79 Å². The Morgan fingerprint density at radius 1 is 1.64 bits per heavy atom. The molecule has 0 amide bonds. The molecule has 0 saturated carbocycles.